The summed E-state index contributed by atoms with van der Waals surface area (Å²) in [6.45, 7) is 1.28. The Morgan fingerprint density at radius 2 is 1.34 bits per heavy atom. The number of nitrogens with zero attached hydrogens (tertiary/aromatic N) is 1. The highest BCUT2D eigenvalue weighted by molar-refractivity contribution is 6.23. The lowest BCUT2D eigenvalue weighted by Crippen LogP contribution is -2.65. The SMILES string of the molecule is CCOC(=O)[C@@](Cc1ccccc1)(NC(=O)[C@H](Cc1ccccc1)N1C(=O)c2ccccc2C1=O)C(F)F. The monoisotopic (exact) mass is 520 g/mol. The Bertz CT molecular complexity index is 1300. The Morgan fingerprint density at radius 1 is 0.842 bits per heavy atom. The maximum absolute atomic E-state index is 14.7. The van der Waals surface area contributed by atoms with E-state index in [2.05, 4.69) is 5.32 Å². The highest BCUT2D eigenvalue weighted by Crippen LogP contribution is 2.29. The molecule has 0 aliphatic carbocycles. The van der Waals surface area contributed by atoms with Crippen LogP contribution in [-0.4, -0.2) is 53.2 Å². The van der Waals surface area contributed by atoms with Crippen molar-refractivity contribution in [3.05, 3.63) is 107 Å². The fraction of sp³-hybridized carbons (Fsp3) is 0.241. The smallest absolute Gasteiger partial charge is 0.338 e. The summed E-state index contributed by atoms with van der Waals surface area (Å²) in [6, 6.07) is 21.2. The van der Waals surface area contributed by atoms with Gasteiger partial charge in [-0.25, -0.2) is 13.6 Å². The molecule has 3 aromatic carbocycles. The Hall–Kier alpha value is -4.40. The molecule has 1 aliphatic heterocycles. The number of amides is 3. The van der Waals surface area contributed by atoms with Gasteiger partial charge in [0.05, 0.1) is 17.7 Å². The average molecular weight is 521 g/mol. The maximum Gasteiger partial charge on any atom is 0.338 e. The molecule has 0 spiro atoms. The van der Waals surface area contributed by atoms with E-state index in [0.717, 1.165) is 4.90 Å². The second-order valence-corrected chi connectivity index (χ2v) is 8.88. The molecule has 196 valence electrons. The van der Waals surface area contributed by atoms with Crippen LogP contribution in [0.3, 0.4) is 0 Å². The van der Waals surface area contributed by atoms with Crippen molar-refractivity contribution < 1.29 is 32.7 Å². The van der Waals surface area contributed by atoms with E-state index < -0.39 is 48.1 Å². The van der Waals surface area contributed by atoms with Gasteiger partial charge in [-0.1, -0.05) is 72.8 Å². The fourth-order valence-corrected chi connectivity index (χ4v) is 4.50. The number of benzene rings is 3. The van der Waals surface area contributed by atoms with Crippen LogP contribution in [0.25, 0.3) is 0 Å². The standard InChI is InChI=1S/C29H26F2N2O5/c1-2-38-28(37)29(27(30)31,18-20-13-7-4-8-14-20)32-24(34)23(17-19-11-5-3-6-12-19)33-25(35)21-15-9-10-16-22(21)26(33)36/h3-16,23,27H,2,17-18H2,1H3,(H,32,34)/t23-,29-/m0/s1. The first-order chi connectivity index (χ1) is 18.3. The zero-order chi connectivity index (χ0) is 27.3. The number of hydrogen-bond donors (Lipinski definition) is 1. The van der Waals surface area contributed by atoms with Crippen LogP contribution < -0.4 is 5.32 Å². The van der Waals surface area contributed by atoms with Gasteiger partial charge in [-0.2, -0.15) is 0 Å². The third-order valence-corrected chi connectivity index (χ3v) is 6.40. The molecule has 2 atom stereocenters. The molecule has 9 heteroatoms. The quantitative estimate of drug-likeness (QED) is 0.324. The van der Waals surface area contributed by atoms with Gasteiger partial charge in [0.25, 0.3) is 18.2 Å². The molecule has 0 unspecified atom stereocenters. The van der Waals surface area contributed by atoms with Gasteiger partial charge < -0.3 is 10.1 Å². The predicted molar refractivity (Wildman–Crippen MR) is 135 cm³/mol. The second-order valence-electron chi connectivity index (χ2n) is 8.88. The predicted octanol–water partition coefficient (Wildman–Crippen LogP) is 3.82. The van der Waals surface area contributed by atoms with Crippen molar-refractivity contribution in [3.8, 4) is 0 Å². The molecule has 0 aromatic heterocycles. The van der Waals surface area contributed by atoms with E-state index in [-0.39, 0.29) is 24.2 Å². The number of ether oxygens (including phenoxy) is 1. The number of hydrogen-bond acceptors (Lipinski definition) is 5. The van der Waals surface area contributed by atoms with Crippen LogP contribution in [0.4, 0.5) is 8.78 Å². The van der Waals surface area contributed by atoms with E-state index in [4.69, 9.17) is 4.74 Å². The van der Waals surface area contributed by atoms with Gasteiger partial charge in [0.1, 0.15) is 6.04 Å². The molecular weight excluding hydrogens is 494 g/mol. The molecule has 3 amide bonds. The summed E-state index contributed by atoms with van der Waals surface area (Å²) in [5.41, 5.74) is -1.58. The van der Waals surface area contributed by atoms with Gasteiger partial charge in [-0.3, -0.25) is 19.3 Å². The molecule has 0 saturated heterocycles. The summed E-state index contributed by atoms with van der Waals surface area (Å²) in [7, 11) is 0. The van der Waals surface area contributed by atoms with Crippen molar-refractivity contribution in [2.45, 2.75) is 37.8 Å². The highest BCUT2D eigenvalue weighted by Gasteiger charge is 2.52. The van der Waals surface area contributed by atoms with Crippen LogP contribution in [0.2, 0.25) is 0 Å². The Labute approximate surface area is 218 Å². The van der Waals surface area contributed by atoms with E-state index >= 15 is 0 Å². The lowest BCUT2D eigenvalue weighted by Gasteiger charge is -2.34. The van der Waals surface area contributed by atoms with Gasteiger partial charge in [-0.05, 0) is 30.2 Å². The first-order valence-electron chi connectivity index (χ1n) is 12.1. The zero-order valence-electron chi connectivity index (χ0n) is 20.6. The maximum atomic E-state index is 14.7. The minimum absolute atomic E-state index is 0.109. The van der Waals surface area contributed by atoms with Gasteiger partial charge in [0, 0.05) is 12.8 Å². The number of imide groups is 1. The van der Waals surface area contributed by atoms with Gasteiger partial charge in [0.2, 0.25) is 11.4 Å². The lowest BCUT2D eigenvalue weighted by molar-refractivity contribution is -0.161. The largest absolute Gasteiger partial charge is 0.464 e. The Kier molecular flexibility index (Phi) is 7.95. The number of alkyl halides is 2. The van der Waals surface area contributed by atoms with E-state index in [1.807, 2.05) is 0 Å². The van der Waals surface area contributed by atoms with E-state index in [9.17, 15) is 28.0 Å². The van der Waals surface area contributed by atoms with Crippen LogP contribution in [0.5, 0.6) is 0 Å². The van der Waals surface area contributed by atoms with E-state index in [1.165, 1.54) is 19.1 Å². The van der Waals surface area contributed by atoms with Crippen molar-refractivity contribution in [1.82, 2.24) is 10.2 Å². The normalized spacial score (nSPS) is 15.1. The minimum Gasteiger partial charge on any atom is -0.464 e. The van der Waals surface area contributed by atoms with Crippen molar-refractivity contribution in [3.63, 3.8) is 0 Å². The summed E-state index contributed by atoms with van der Waals surface area (Å²) < 4.78 is 34.5. The number of carbonyl (C=O) groups excluding carboxylic acids is 4. The second kappa shape index (κ2) is 11.3. The third kappa shape index (κ3) is 5.18. The molecule has 1 aliphatic rings. The van der Waals surface area contributed by atoms with Gasteiger partial charge >= 0.3 is 5.97 Å². The summed E-state index contributed by atoms with van der Waals surface area (Å²) in [5.74, 6) is -3.83. The molecule has 4 rings (SSSR count). The van der Waals surface area contributed by atoms with Gasteiger partial charge in [-0.15, -0.1) is 0 Å². The third-order valence-electron chi connectivity index (χ3n) is 6.40. The zero-order valence-corrected chi connectivity index (χ0v) is 20.6. The summed E-state index contributed by atoms with van der Waals surface area (Å²) in [5, 5.41) is 2.22. The molecule has 7 nitrogen and oxygen atoms in total. The molecule has 38 heavy (non-hydrogen) atoms. The Balaban J connectivity index is 1.75. The molecule has 0 saturated carbocycles. The van der Waals surface area contributed by atoms with E-state index in [0.29, 0.717) is 11.1 Å². The topological polar surface area (TPSA) is 92.8 Å². The molecule has 0 radical (unpaired) electrons. The van der Waals surface area contributed by atoms with Crippen LogP contribution in [0.1, 0.15) is 38.8 Å². The Morgan fingerprint density at radius 3 is 1.84 bits per heavy atom. The molecule has 3 aromatic rings. The average Bonchev–Trinajstić information content (AvgIpc) is 3.17. The number of carbonyl (C=O) groups is 4. The summed E-state index contributed by atoms with van der Waals surface area (Å²) in [4.78, 5) is 54.1. The van der Waals surface area contributed by atoms with Crippen molar-refractivity contribution >= 4 is 23.7 Å². The van der Waals surface area contributed by atoms with Gasteiger partial charge in [0.15, 0.2) is 0 Å². The highest BCUT2D eigenvalue weighted by atomic mass is 19.3. The first-order valence-corrected chi connectivity index (χ1v) is 12.1. The van der Waals surface area contributed by atoms with Crippen LogP contribution >= 0.6 is 0 Å². The fourth-order valence-electron chi connectivity index (χ4n) is 4.50. The number of rotatable bonds is 10. The lowest BCUT2D eigenvalue weighted by atomic mass is 9.90. The minimum atomic E-state index is -3.36. The molecule has 0 bridgehead atoms. The van der Waals surface area contributed by atoms with Crippen molar-refractivity contribution in [2.75, 3.05) is 6.61 Å². The van der Waals surface area contributed by atoms with Crippen LogP contribution in [0.15, 0.2) is 84.9 Å². The first kappa shape index (κ1) is 26.7. The van der Waals surface area contributed by atoms with Crippen molar-refractivity contribution in [1.29, 1.82) is 0 Å². The molecular formula is C29H26F2N2O5. The number of halogens is 2. The summed E-state index contributed by atoms with van der Waals surface area (Å²) >= 11 is 0. The molecule has 0 fully saturated rings. The number of esters is 1. The van der Waals surface area contributed by atoms with Crippen LogP contribution in [-0.2, 0) is 27.2 Å². The van der Waals surface area contributed by atoms with Crippen LogP contribution in [0, 0.1) is 0 Å². The molecule has 1 N–H and O–H groups in total. The van der Waals surface area contributed by atoms with Crippen molar-refractivity contribution in [2.24, 2.45) is 0 Å². The van der Waals surface area contributed by atoms with E-state index in [1.54, 1.807) is 72.8 Å². The molecule has 1 heterocycles. The number of nitrogens with one attached hydrogen (secondary N) is 1. The summed E-state index contributed by atoms with van der Waals surface area (Å²) in [6.07, 6.45) is -4.06. The number of fused-ring (bicyclic) bond motifs is 1.